The minimum atomic E-state index is -3.47. The molecule has 1 aromatic rings. The minimum absolute atomic E-state index is 0.0526. The van der Waals surface area contributed by atoms with Gasteiger partial charge >= 0.3 is 5.97 Å². The number of hydrogen-bond acceptors (Lipinski definition) is 3. The third-order valence-corrected chi connectivity index (χ3v) is 5.97. The van der Waals surface area contributed by atoms with Crippen molar-refractivity contribution in [3.8, 4) is 0 Å². The second-order valence-corrected chi connectivity index (χ2v) is 9.01. The number of nitrogens with one attached hydrogen (secondary N) is 1. The molecule has 0 heterocycles. The van der Waals surface area contributed by atoms with Crippen LogP contribution in [-0.2, 0) is 14.8 Å². The van der Waals surface area contributed by atoms with Gasteiger partial charge in [0.05, 0.1) is 0 Å². The smallest absolute Gasteiger partial charge is 0.303 e. The molecule has 2 N–H and O–H groups in total. The number of benzene rings is 1. The van der Waals surface area contributed by atoms with Crippen LogP contribution in [0.25, 0.3) is 6.08 Å². The molecule has 5 nitrogen and oxygen atoms in total. The molecule has 0 bridgehead atoms. The summed E-state index contributed by atoms with van der Waals surface area (Å²) in [4.78, 5) is 10.5. The van der Waals surface area contributed by atoms with Crippen molar-refractivity contribution in [1.29, 1.82) is 0 Å². The zero-order chi connectivity index (χ0) is 19.0. The predicted molar refractivity (Wildman–Crippen MR) is 107 cm³/mol. The lowest BCUT2D eigenvalue weighted by molar-refractivity contribution is -0.137. The van der Waals surface area contributed by atoms with Crippen LogP contribution >= 0.6 is 15.9 Å². The molecular weight excluding hydrogens is 418 g/mol. The van der Waals surface area contributed by atoms with Gasteiger partial charge in [-0.05, 0) is 61.8 Å². The molecule has 0 aliphatic heterocycles. The molecule has 142 valence electrons. The second-order valence-electron chi connectivity index (χ2n) is 6.50. The summed E-state index contributed by atoms with van der Waals surface area (Å²) in [6, 6.07) is 7.37. The predicted octanol–water partition coefficient (Wildman–Crippen LogP) is 4.32. The maximum Gasteiger partial charge on any atom is 0.303 e. The van der Waals surface area contributed by atoms with Gasteiger partial charge in [0.1, 0.15) is 0 Å². The normalized spacial score (nSPS) is 21.0. The van der Waals surface area contributed by atoms with Crippen LogP contribution in [0.3, 0.4) is 0 Å². The van der Waals surface area contributed by atoms with Crippen molar-refractivity contribution in [3.63, 3.8) is 0 Å². The fourth-order valence-electron chi connectivity index (χ4n) is 2.97. The largest absolute Gasteiger partial charge is 0.481 e. The molecule has 1 fully saturated rings. The number of rotatable bonds is 9. The quantitative estimate of drug-likeness (QED) is 0.441. The van der Waals surface area contributed by atoms with Gasteiger partial charge in [-0.25, -0.2) is 13.1 Å². The first-order valence-corrected chi connectivity index (χ1v) is 11.0. The Kier molecular flexibility index (Phi) is 8.06. The lowest BCUT2D eigenvalue weighted by Gasteiger charge is -2.10. The van der Waals surface area contributed by atoms with Crippen molar-refractivity contribution in [1.82, 2.24) is 4.72 Å². The summed E-state index contributed by atoms with van der Waals surface area (Å²) in [5, 5.41) is 9.81. The monoisotopic (exact) mass is 441 g/mol. The number of halogens is 1. The van der Waals surface area contributed by atoms with E-state index in [0.717, 1.165) is 35.7 Å². The van der Waals surface area contributed by atoms with E-state index in [4.69, 9.17) is 5.11 Å². The maximum atomic E-state index is 12.2. The van der Waals surface area contributed by atoms with E-state index >= 15 is 0 Å². The Balaban J connectivity index is 1.78. The lowest BCUT2D eigenvalue weighted by atomic mass is 10.1. The minimum Gasteiger partial charge on any atom is -0.481 e. The fraction of sp³-hybridized carbons (Fsp3) is 0.421. The Morgan fingerprint density at radius 1 is 1.27 bits per heavy atom. The molecule has 7 heteroatoms. The SMILES string of the molecule is O=C(O)CCC/C=C/C1CCC(NS(=O)(=O)/C=C/c2ccc(Br)cc2)C1. The van der Waals surface area contributed by atoms with Crippen molar-refractivity contribution in [3.05, 3.63) is 51.9 Å². The molecule has 1 saturated carbocycles. The van der Waals surface area contributed by atoms with Gasteiger partial charge in [0.2, 0.25) is 10.0 Å². The Morgan fingerprint density at radius 2 is 2.00 bits per heavy atom. The number of sulfonamides is 1. The summed E-state index contributed by atoms with van der Waals surface area (Å²) < 4.78 is 28.1. The molecule has 26 heavy (non-hydrogen) atoms. The van der Waals surface area contributed by atoms with Crippen LogP contribution in [-0.4, -0.2) is 25.5 Å². The summed E-state index contributed by atoms with van der Waals surface area (Å²) in [5.41, 5.74) is 0.826. The van der Waals surface area contributed by atoms with Gasteiger partial charge in [0.15, 0.2) is 0 Å². The first-order chi connectivity index (χ1) is 12.3. The van der Waals surface area contributed by atoms with E-state index < -0.39 is 16.0 Å². The van der Waals surface area contributed by atoms with E-state index in [1.165, 1.54) is 5.41 Å². The van der Waals surface area contributed by atoms with Crippen molar-refractivity contribution >= 4 is 38.0 Å². The lowest BCUT2D eigenvalue weighted by Crippen LogP contribution is -2.31. The first kappa shape index (κ1) is 20.9. The molecule has 2 unspecified atom stereocenters. The summed E-state index contributed by atoms with van der Waals surface area (Å²) in [6.07, 6.45) is 9.79. The molecule has 1 aliphatic carbocycles. The van der Waals surface area contributed by atoms with Gasteiger partial charge in [0, 0.05) is 22.3 Å². The summed E-state index contributed by atoms with van der Waals surface area (Å²) in [5.74, 6) is -0.423. The average molecular weight is 442 g/mol. The Hall–Kier alpha value is -1.44. The number of hydrogen-bond donors (Lipinski definition) is 2. The number of allylic oxidation sites excluding steroid dienone is 2. The summed E-state index contributed by atoms with van der Waals surface area (Å²) in [6.45, 7) is 0. The third-order valence-electron chi connectivity index (χ3n) is 4.28. The average Bonchev–Trinajstić information content (AvgIpc) is 3.00. The maximum absolute atomic E-state index is 12.2. The van der Waals surface area contributed by atoms with E-state index in [-0.39, 0.29) is 12.5 Å². The highest BCUT2D eigenvalue weighted by Gasteiger charge is 2.25. The van der Waals surface area contributed by atoms with E-state index in [1.807, 2.05) is 30.3 Å². The van der Waals surface area contributed by atoms with E-state index in [0.29, 0.717) is 12.3 Å². The van der Waals surface area contributed by atoms with Crippen molar-refractivity contribution in [2.24, 2.45) is 5.92 Å². The Bertz CT molecular complexity index is 756. The molecule has 1 aliphatic rings. The van der Waals surface area contributed by atoms with Gasteiger partial charge in [-0.2, -0.15) is 0 Å². The molecule has 0 radical (unpaired) electrons. The molecule has 0 spiro atoms. The Labute approximate surface area is 163 Å². The zero-order valence-electron chi connectivity index (χ0n) is 14.5. The third kappa shape index (κ3) is 7.85. The van der Waals surface area contributed by atoms with Crippen LogP contribution in [0.4, 0.5) is 0 Å². The molecule has 2 atom stereocenters. The van der Waals surface area contributed by atoms with Crippen LogP contribution in [0.2, 0.25) is 0 Å². The van der Waals surface area contributed by atoms with E-state index in [1.54, 1.807) is 6.08 Å². The van der Waals surface area contributed by atoms with Crippen LogP contribution in [0.15, 0.2) is 46.3 Å². The molecule has 2 rings (SSSR count). The number of unbranched alkanes of at least 4 members (excludes halogenated alkanes) is 1. The molecule has 0 saturated heterocycles. The molecule has 0 aromatic heterocycles. The second kappa shape index (κ2) is 10.0. The number of carboxylic acid groups (broad SMARTS) is 1. The highest BCUT2D eigenvalue weighted by Crippen LogP contribution is 2.27. The van der Waals surface area contributed by atoms with Gasteiger partial charge in [-0.1, -0.05) is 40.2 Å². The van der Waals surface area contributed by atoms with Crippen molar-refractivity contribution in [2.45, 2.75) is 44.6 Å². The standard InChI is InChI=1S/C19H24BrNO4S/c20-17-9-6-15(7-10-17)12-13-26(24,25)21-18-11-8-16(14-18)4-2-1-3-5-19(22)23/h2,4,6-7,9-10,12-13,16,18,21H,1,3,5,8,11,14H2,(H,22,23)/b4-2+,13-12+. The van der Waals surface area contributed by atoms with Crippen LogP contribution in [0.5, 0.6) is 0 Å². The van der Waals surface area contributed by atoms with E-state index in [2.05, 4.69) is 26.7 Å². The number of carbonyl (C=O) groups is 1. The van der Waals surface area contributed by atoms with Crippen LogP contribution < -0.4 is 4.72 Å². The van der Waals surface area contributed by atoms with Crippen molar-refractivity contribution in [2.75, 3.05) is 0 Å². The number of carboxylic acids is 1. The van der Waals surface area contributed by atoms with Gasteiger partial charge in [-0.15, -0.1) is 0 Å². The summed E-state index contributed by atoms with van der Waals surface area (Å²) in [7, 11) is -3.47. The van der Waals surface area contributed by atoms with Crippen molar-refractivity contribution < 1.29 is 18.3 Å². The topological polar surface area (TPSA) is 83.5 Å². The van der Waals surface area contributed by atoms with Crippen LogP contribution in [0, 0.1) is 5.92 Å². The first-order valence-electron chi connectivity index (χ1n) is 8.68. The summed E-state index contributed by atoms with van der Waals surface area (Å²) >= 11 is 3.35. The van der Waals surface area contributed by atoms with Gasteiger partial charge in [-0.3, -0.25) is 4.79 Å². The molecular formula is C19H24BrNO4S. The number of aliphatic carboxylic acids is 1. The Morgan fingerprint density at radius 3 is 2.69 bits per heavy atom. The van der Waals surface area contributed by atoms with E-state index in [9.17, 15) is 13.2 Å². The van der Waals surface area contributed by atoms with Crippen LogP contribution in [0.1, 0.15) is 44.1 Å². The van der Waals surface area contributed by atoms with Gasteiger partial charge in [0.25, 0.3) is 0 Å². The van der Waals surface area contributed by atoms with Gasteiger partial charge < -0.3 is 5.11 Å². The highest BCUT2D eigenvalue weighted by atomic mass is 79.9. The highest BCUT2D eigenvalue weighted by molar-refractivity contribution is 9.10. The molecule has 0 amide bonds. The zero-order valence-corrected chi connectivity index (χ0v) is 16.9. The fourth-order valence-corrected chi connectivity index (χ4v) is 4.33. The molecule has 1 aromatic carbocycles.